The zero-order valence-electron chi connectivity index (χ0n) is 19.3. The number of aromatic nitrogens is 4. The summed E-state index contributed by atoms with van der Waals surface area (Å²) in [5.41, 5.74) is 5.38. The van der Waals surface area contributed by atoms with E-state index < -0.39 is 10.0 Å². The number of sulfonamides is 1. The lowest BCUT2D eigenvalue weighted by Crippen LogP contribution is -2.14. The maximum Gasteiger partial charge on any atom is 0.264 e. The predicted octanol–water partition coefficient (Wildman–Crippen LogP) is 5.62. The molecule has 0 unspecified atom stereocenters. The van der Waals surface area contributed by atoms with E-state index in [9.17, 15) is 8.42 Å². The summed E-state index contributed by atoms with van der Waals surface area (Å²) < 4.78 is 27.7. The fourth-order valence-electron chi connectivity index (χ4n) is 3.77. The Morgan fingerprint density at radius 1 is 0.857 bits per heavy atom. The van der Waals surface area contributed by atoms with Gasteiger partial charge in [0.05, 0.1) is 10.3 Å². The molecule has 2 N–H and O–H groups in total. The zero-order chi connectivity index (χ0) is 24.6. The molecular formula is C25H22N6O2S2. The van der Waals surface area contributed by atoms with Crippen molar-refractivity contribution in [1.82, 2.24) is 19.9 Å². The van der Waals surface area contributed by atoms with Crippen molar-refractivity contribution in [2.45, 2.75) is 25.7 Å². The molecule has 5 aromatic rings. The van der Waals surface area contributed by atoms with Crippen LogP contribution in [0.15, 0.2) is 72.1 Å². The molecule has 0 radical (unpaired) electrons. The van der Waals surface area contributed by atoms with Gasteiger partial charge in [-0.1, -0.05) is 18.2 Å². The van der Waals surface area contributed by atoms with Crippen molar-refractivity contribution in [2.75, 3.05) is 10.0 Å². The normalized spacial score (nSPS) is 11.5. The van der Waals surface area contributed by atoms with Gasteiger partial charge in [0, 0.05) is 28.5 Å². The molecule has 3 aromatic heterocycles. The molecule has 0 atom stereocenters. The van der Waals surface area contributed by atoms with Crippen molar-refractivity contribution in [3.63, 3.8) is 0 Å². The molecule has 3 heterocycles. The maximum atomic E-state index is 12.7. The lowest BCUT2D eigenvalue weighted by atomic mass is 9.99. The van der Waals surface area contributed by atoms with E-state index in [1.807, 2.05) is 0 Å². The number of hydrogen-bond donors (Lipinski definition) is 2. The van der Waals surface area contributed by atoms with Crippen LogP contribution in [0.4, 0.5) is 17.5 Å². The van der Waals surface area contributed by atoms with Gasteiger partial charge < -0.3 is 5.32 Å². The van der Waals surface area contributed by atoms with Crippen LogP contribution >= 0.6 is 11.3 Å². The molecule has 0 aliphatic carbocycles. The van der Waals surface area contributed by atoms with Crippen LogP contribution in [0.1, 0.15) is 16.0 Å². The quantitative estimate of drug-likeness (QED) is 0.310. The average molecular weight is 503 g/mol. The number of thiophene rings is 1. The molecule has 0 fully saturated rings. The van der Waals surface area contributed by atoms with E-state index in [1.54, 1.807) is 29.5 Å². The Bertz CT molecular complexity index is 1630. The number of hydrogen-bond acceptors (Lipinski definition) is 8. The number of benzene rings is 2. The monoisotopic (exact) mass is 502 g/mol. The number of rotatable bonds is 6. The molecule has 35 heavy (non-hydrogen) atoms. The third-order valence-electron chi connectivity index (χ3n) is 5.68. The van der Waals surface area contributed by atoms with Crippen molar-refractivity contribution in [2.24, 2.45) is 0 Å². The third kappa shape index (κ3) is 4.58. The summed E-state index contributed by atoms with van der Waals surface area (Å²) in [6, 6.07) is 14.5. The number of aryl methyl sites for hydroxylation is 3. The first-order chi connectivity index (χ1) is 16.8. The van der Waals surface area contributed by atoms with E-state index in [2.05, 4.69) is 68.9 Å². The number of fused-ring (bicyclic) bond motifs is 1. The van der Waals surface area contributed by atoms with E-state index in [4.69, 9.17) is 0 Å². The minimum absolute atomic E-state index is 0.0183. The van der Waals surface area contributed by atoms with Crippen LogP contribution in [0.3, 0.4) is 0 Å². The predicted molar refractivity (Wildman–Crippen MR) is 140 cm³/mol. The van der Waals surface area contributed by atoms with E-state index in [0.29, 0.717) is 11.5 Å². The SMILES string of the molecule is Cc1ccc(-c2c(C)sc3ncnc(Nc4ccc(S(=O)(=O)Nc5ncccn5)cc4)c23)cc1C. The molecule has 2 aromatic carbocycles. The van der Waals surface area contributed by atoms with Gasteiger partial charge in [-0.25, -0.2) is 33.1 Å². The van der Waals surface area contributed by atoms with E-state index in [1.165, 1.54) is 42.0 Å². The minimum atomic E-state index is -3.81. The highest BCUT2D eigenvalue weighted by molar-refractivity contribution is 7.92. The first kappa shape index (κ1) is 22.9. The highest BCUT2D eigenvalue weighted by Crippen LogP contribution is 2.41. The minimum Gasteiger partial charge on any atom is -0.340 e. The standard InChI is InChI=1S/C25H22N6O2S2/c1-15-5-6-18(13-16(15)2)21-17(3)34-24-22(21)23(28-14-29-24)30-19-7-9-20(10-8-19)35(32,33)31-25-26-11-4-12-27-25/h4-14H,1-3H3,(H,26,27,31)(H,28,29,30). The van der Waals surface area contributed by atoms with Crippen LogP contribution in [0, 0.1) is 20.8 Å². The summed E-state index contributed by atoms with van der Waals surface area (Å²) >= 11 is 1.62. The lowest BCUT2D eigenvalue weighted by molar-refractivity contribution is 0.601. The van der Waals surface area contributed by atoms with Crippen molar-refractivity contribution in [3.8, 4) is 11.1 Å². The van der Waals surface area contributed by atoms with Crippen LogP contribution in [0.5, 0.6) is 0 Å². The van der Waals surface area contributed by atoms with E-state index >= 15 is 0 Å². The Morgan fingerprint density at radius 3 is 2.31 bits per heavy atom. The van der Waals surface area contributed by atoms with Gasteiger partial charge >= 0.3 is 0 Å². The topological polar surface area (TPSA) is 110 Å². The number of nitrogens with zero attached hydrogens (tertiary/aromatic N) is 4. The summed E-state index contributed by atoms with van der Waals surface area (Å²) in [6.45, 7) is 6.29. The van der Waals surface area contributed by atoms with Gasteiger partial charge in [-0.3, -0.25) is 0 Å². The molecular weight excluding hydrogens is 480 g/mol. The number of nitrogens with one attached hydrogen (secondary N) is 2. The fourth-order valence-corrected chi connectivity index (χ4v) is 5.74. The summed E-state index contributed by atoms with van der Waals surface area (Å²) in [6.07, 6.45) is 4.48. The summed E-state index contributed by atoms with van der Waals surface area (Å²) in [5.74, 6) is 0.684. The van der Waals surface area contributed by atoms with Gasteiger partial charge in [-0.05, 0) is 67.8 Å². The van der Waals surface area contributed by atoms with Gasteiger partial charge in [-0.15, -0.1) is 11.3 Å². The summed E-state index contributed by atoms with van der Waals surface area (Å²) in [5, 5.41) is 4.28. The van der Waals surface area contributed by atoms with Crippen molar-refractivity contribution in [3.05, 3.63) is 83.3 Å². The molecule has 5 rings (SSSR count). The van der Waals surface area contributed by atoms with Crippen LogP contribution in [0.25, 0.3) is 21.3 Å². The van der Waals surface area contributed by atoms with Crippen molar-refractivity contribution in [1.29, 1.82) is 0 Å². The Balaban J connectivity index is 1.48. The van der Waals surface area contributed by atoms with Gasteiger partial charge in [0.15, 0.2) is 0 Å². The van der Waals surface area contributed by atoms with Crippen LogP contribution < -0.4 is 10.0 Å². The van der Waals surface area contributed by atoms with Crippen molar-refractivity contribution < 1.29 is 8.42 Å². The Morgan fingerprint density at radius 2 is 1.60 bits per heavy atom. The second kappa shape index (κ2) is 9.05. The molecule has 0 amide bonds. The van der Waals surface area contributed by atoms with Gasteiger partial charge in [0.2, 0.25) is 5.95 Å². The average Bonchev–Trinajstić information content (AvgIpc) is 3.18. The van der Waals surface area contributed by atoms with Crippen LogP contribution in [-0.2, 0) is 10.0 Å². The maximum absolute atomic E-state index is 12.7. The molecule has 0 saturated heterocycles. The highest BCUT2D eigenvalue weighted by atomic mass is 32.2. The fraction of sp³-hybridized carbons (Fsp3) is 0.120. The van der Waals surface area contributed by atoms with Crippen LogP contribution in [-0.4, -0.2) is 28.4 Å². The molecule has 10 heteroatoms. The van der Waals surface area contributed by atoms with E-state index in [-0.39, 0.29) is 10.8 Å². The van der Waals surface area contributed by atoms with E-state index in [0.717, 1.165) is 26.2 Å². The zero-order valence-corrected chi connectivity index (χ0v) is 20.9. The Labute approximate surface area is 207 Å². The first-order valence-electron chi connectivity index (χ1n) is 10.8. The molecule has 0 aliphatic rings. The largest absolute Gasteiger partial charge is 0.340 e. The first-order valence-corrected chi connectivity index (χ1v) is 13.1. The smallest absolute Gasteiger partial charge is 0.264 e. The molecule has 0 spiro atoms. The molecule has 0 saturated carbocycles. The molecule has 8 nitrogen and oxygen atoms in total. The Hall–Kier alpha value is -3.89. The summed E-state index contributed by atoms with van der Waals surface area (Å²) in [4.78, 5) is 19.0. The second-order valence-corrected chi connectivity index (χ2v) is 10.9. The Kier molecular flexibility index (Phi) is 5.91. The summed E-state index contributed by atoms with van der Waals surface area (Å²) in [7, 11) is -3.81. The van der Waals surface area contributed by atoms with Gasteiger partial charge in [0.25, 0.3) is 10.0 Å². The van der Waals surface area contributed by atoms with Crippen LogP contribution in [0.2, 0.25) is 0 Å². The lowest BCUT2D eigenvalue weighted by Gasteiger charge is -2.11. The number of anilines is 3. The van der Waals surface area contributed by atoms with Gasteiger partial charge in [0.1, 0.15) is 17.0 Å². The molecule has 0 bridgehead atoms. The van der Waals surface area contributed by atoms with Gasteiger partial charge in [-0.2, -0.15) is 0 Å². The third-order valence-corrected chi connectivity index (χ3v) is 8.04. The highest BCUT2D eigenvalue weighted by Gasteiger charge is 2.18. The molecule has 0 aliphatic heterocycles. The second-order valence-electron chi connectivity index (χ2n) is 8.06. The van der Waals surface area contributed by atoms with Crippen molar-refractivity contribution >= 4 is 49.0 Å². The molecule has 176 valence electrons.